The first-order chi connectivity index (χ1) is 11.2. The lowest BCUT2D eigenvalue weighted by Crippen LogP contribution is -2.17. The summed E-state index contributed by atoms with van der Waals surface area (Å²) in [5.74, 6) is 7.13. The monoisotopic (exact) mass is 313 g/mol. The molecule has 0 atom stereocenters. The second-order valence-electron chi connectivity index (χ2n) is 4.70. The Labute approximate surface area is 135 Å². The van der Waals surface area contributed by atoms with E-state index in [0.717, 1.165) is 5.69 Å². The number of carbonyl (C=O) groups is 1. The zero-order valence-corrected chi connectivity index (χ0v) is 13.2. The minimum absolute atomic E-state index is 0.299. The van der Waals surface area contributed by atoms with Gasteiger partial charge in [0.15, 0.2) is 5.82 Å². The molecule has 0 aliphatic heterocycles. The van der Waals surface area contributed by atoms with Crippen LogP contribution >= 0.6 is 0 Å². The average Bonchev–Trinajstić information content (AvgIpc) is 2.93. The first-order valence-electron chi connectivity index (χ1n) is 7.37. The van der Waals surface area contributed by atoms with E-state index in [1.807, 2.05) is 36.6 Å². The van der Waals surface area contributed by atoms with Crippen LogP contribution in [0, 0.1) is 18.8 Å². The van der Waals surface area contributed by atoms with E-state index < -0.39 is 0 Å². The van der Waals surface area contributed by atoms with Gasteiger partial charge in [-0.2, -0.15) is 0 Å². The normalized spacial score (nSPS) is 10.0. The van der Waals surface area contributed by atoms with Crippen LogP contribution in [-0.2, 0) is 22.6 Å². The van der Waals surface area contributed by atoms with Crippen LogP contribution in [-0.4, -0.2) is 39.4 Å². The molecule has 0 bridgehead atoms. The van der Waals surface area contributed by atoms with E-state index in [2.05, 4.69) is 32.3 Å². The molecular weight excluding hydrogens is 294 g/mol. The Balaban J connectivity index is 2.23. The Bertz CT molecular complexity index is 715. The number of hydrogen-bond donors (Lipinski definition) is 1. The molecule has 0 unspecified atom stereocenters. The van der Waals surface area contributed by atoms with Crippen molar-refractivity contribution in [2.75, 3.05) is 13.2 Å². The highest BCUT2D eigenvalue weighted by molar-refractivity contribution is 5.45. The summed E-state index contributed by atoms with van der Waals surface area (Å²) in [6.45, 7) is 5.89. The fourth-order valence-corrected chi connectivity index (χ4v) is 1.96. The molecule has 0 radical (unpaired) electrons. The first-order valence-corrected chi connectivity index (χ1v) is 7.37. The molecule has 2 rings (SSSR count). The van der Waals surface area contributed by atoms with Gasteiger partial charge in [-0.1, -0.05) is 6.07 Å². The molecule has 0 fully saturated rings. The minimum atomic E-state index is 0.299. The molecule has 2 aromatic heterocycles. The van der Waals surface area contributed by atoms with Crippen LogP contribution in [0.25, 0.3) is 0 Å². The molecule has 0 aliphatic carbocycles. The van der Waals surface area contributed by atoms with Crippen molar-refractivity contribution in [1.29, 1.82) is 0 Å². The smallest absolute Gasteiger partial charge is 0.208 e. The largest absolute Gasteiger partial charge is 0.380 e. The van der Waals surface area contributed by atoms with Crippen LogP contribution in [0.2, 0.25) is 0 Å². The Hall–Kier alpha value is -2.72. The second-order valence-corrected chi connectivity index (χ2v) is 4.70. The summed E-state index contributed by atoms with van der Waals surface area (Å²) in [5, 5.41) is 10.7. The van der Waals surface area contributed by atoms with Gasteiger partial charge in [0, 0.05) is 18.8 Å². The van der Waals surface area contributed by atoms with Gasteiger partial charge in [-0.25, -0.2) is 4.98 Å². The number of ether oxygens (including phenoxy) is 1. The SMILES string of the molecule is CCOCCn1c(C#Cc2cccc(C)n2)nnc1CNC=O. The maximum Gasteiger partial charge on any atom is 0.208 e. The summed E-state index contributed by atoms with van der Waals surface area (Å²) in [6, 6.07) is 5.67. The molecule has 0 saturated heterocycles. The van der Waals surface area contributed by atoms with Crippen molar-refractivity contribution in [1.82, 2.24) is 25.1 Å². The Kier molecular flexibility index (Phi) is 6.27. The molecule has 7 nitrogen and oxygen atoms in total. The quantitative estimate of drug-likeness (QED) is 0.461. The van der Waals surface area contributed by atoms with Crippen molar-refractivity contribution in [3.63, 3.8) is 0 Å². The van der Waals surface area contributed by atoms with E-state index in [1.165, 1.54) is 0 Å². The van der Waals surface area contributed by atoms with Crippen molar-refractivity contribution in [2.24, 2.45) is 0 Å². The zero-order valence-electron chi connectivity index (χ0n) is 13.2. The molecule has 0 aliphatic rings. The zero-order chi connectivity index (χ0) is 16.5. The lowest BCUT2D eigenvalue weighted by atomic mass is 10.3. The molecule has 23 heavy (non-hydrogen) atoms. The third-order valence-corrected chi connectivity index (χ3v) is 3.02. The van der Waals surface area contributed by atoms with Crippen LogP contribution in [0.5, 0.6) is 0 Å². The number of aryl methyl sites for hydroxylation is 1. The highest BCUT2D eigenvalue weighted by Crippen LogP contribution is 2.03. The average molecular weight is 313 g/mol. The number of aromatic nitrogens is 4. The maximum absolute atomic E-state index is 10.5. The number of nitrogens with one attached hydrogen (secondary N) is 1. The van der Waals surface area contributed by atoms with Gasteiger partial charge in [-0.15, -0.1) is 10.2 Å². The second kappa shape index (κ2) is 8.66. The van der Waals surface area contributed by atoms with Crippen LogP contribution in [0.4, 0.5) is 0 Å². The van der Waals surface area contributed by atoms with Gasteiger partial charge < -0.3 is 14.6 Å². The highest BCUT2D eigenvalue weighted by Gasteiger charge is 2.09. The van der Waals surface area contributed by atoms with E-state index in [0.29, 0.717) is 50.1 Å². The van der Waals surface area contributed by atoms with E-state index in [-0.39, 0.29) is 0 Å². The third kappa shape index (κ3) is 4.90. The van der Waals surface area contributed by atoms with Crippen LogP contribution in [0.15, 0.2) is 18.2 Å². The summed E-state index contributed by atoms with van der Waals surface area (Å²) >= 11 is 0. The van der Waals surface area contributed by atoms with Gasteiger partial charge in [0.25, 0.3) is 0 Å². The predicted molar refractivity (Wildman–Crippen MR) is 84.4 cm³/mol. The van der Waals surface area contributed by atoms with E-state index in [4.69, 9.17) is 4.74 Å². The number of hydrogen-bond acceptors (Lipinski definition) is 5. The van der Waals surface area contributed by atoms with Crippen molar-refractivity contribution in [3.05, 3.63) is 41.2 Å². The number of nitrogens with zero attached hydrogens (tertiary/aromatic N) is 4. The van der Waals surface area contributed by atoms with Gasteiger partial charge in [-0.3, -0.25) is 4.79 Å². The summed E-state index contributed by atoms with van der Waals surface area (Å²) in [7, 11) is 0. The number of pyridine rings is 1. The maximum atomic E-state index is 10.5. The van der Waals surface area contributed by atoms with Gasteiger partial charge >= 0.3 is 0 Å². The molecule has 2 heterocycles. The molecule has 7 heteroatoms. The molecule has 2 aromatic rings. The van der Waals surface area contributed by atoms with Crippen LogP contribution in [0.1, 0.15) is 30.0 Å². The van der Waals surface area contributed by atoms with E-state index in [9.17, 15) is 4.79 Å². The lowest BCUT2D eigenvalue weighted by Gasteiger charge is -2.07. The van der Waals surface area contributed by atoms with Gasteiger partial charge in [0.1, 0.15) is 5.69 Å². The van der Waals surface area contributed by atoms with Crippen LogP contribution < -0.4 is 5.32 Å². The molecule has 1 amide bonds. The Morgan fingerprint density at radius 2 is 2.22 bits per heavy atom. The van der Waals surface area contributed by atoms with Crippen molar-refractivity contribution < 1.29 is 9.53 Å². The molecule has 0 saturated carbocycles. The van der Waals surface area contributed by atoms with Crippen LogP contribution in [0.3, 0.4) is 0 Å². The molecular formula is C16H19N5O2. The van der Waals surface area contributed by atoms with Gasteiger partial charge in [0.2, 0.25) is 12.2 Å². The fourth-order valence-electron chi connectivity index (χ4n) is 1.96. The fraction of sp³-hybridized carbons (Fsp3) is 0.375. The number of amides is 1. The van der Waals surface area contributed by atoms with Crippen molar-refractivity contribution >= 4 is 6.41 Å². The lowest BCUT2D eigenvalue weighted by molar-refractivity contribution is -0.109. The van der Waals surface area contributed by atoms with E-state index >= 15 is 0 Å². The Morgan fingerprint density at radius 1 is 1.35 bits per heavy atom. The molecule has 1 N–H and O–H groups in total. The summed E-state index contributed by atoms with van der Waals surface area (Å²) < 4.78 is 7.22. The molecule has 120 valence electrons. The minimum Gasteiger partial charge on any atom is -0.380 e. The number of rotatable bonds is 7. The topological polar surface area (TPSA) is 81.9 Å². The molecule has 0 spiro atoms. The third-order valence-electron chi connectivity index (χ3n) is 3.02. The summed E-state index contributed by atoms with van der Waals surface area (Å²) in [5.41, 5.74) is 1.59. The molecule has 0 aromatic carbocycles. The summed E-state index contributed by atoms with van der Waals surface area (Å²) in [4.78, 5) is 14.8. The van der Waals surface area contributed by atoms with Gasteiger partial charge in [-0.05, 0) is 37.8 Å². The Morgan fingerprint density at radius 3 is 2.96 bits per heavy atom. The standard InChI is InChI=1S/C16H19N5O2/c1-3-23-10-9-21-15(19-20-16(21)11-17-12-22)8-7-14-6-4-5-13(2)18-14/h4-6,12H,3,9-11H2,1-2H3,(H,17,22). The summed E-state index contributed by atoms with van der Waals surface area (Å²) in [6.07, 6.45) is 0.629. The van der Waals surface area contributed by atoms with Gasteiger partial charge in [0.05, 0.1) is 13.2 Å². The van der Waals surface area contributed by atoms with Crippen molar-refractivity contribution in [3.8, 4) is 11.8 Å². The highest BCUT2D eigenvalue weighted by atomic mass is 16.5. The van der Waals surface area contributed by atoms with Crippen molar-refractivity contribution in [2.45, 2.75) is 26.9 Å². The first kappa shape index (κ1) is 16.6. The number of carbonyl (C=O) groups excluding carboxylic acids is 1. The predicted octanol–water partition coefficient (Wildman–Crippen LogP) is 0.664. The van der Waals surface area contributed by atoms with E-state index in [1.54, 1.807) is 0 Å².